The van der Waals surface area contributed by atoms with Gasteiger partial charge in [-0.25, -0.2) is 4.98 Å². The summed E-state index contributed by atoms with van der Waals surface area (Å²) in [6.45, 7) is 2.69. The number of carbonyl (C=O) groups excluding carboxylic acids is 2. The summed E-state index contributed by atoms with van der Waals surface area (Å²) in [5, 5.41) is 6.37. The van der Waals surface area contributed by atoms with Crippen LogP contribution in [0.4, 0.5) is 5.13 Å². The summed E-state index contributed by atoms with van der Waals surface area (Å²) in [6, 6.07) is 0. The third-order valence-electron chi connectivity index (χ3n) is 4.05. The van der Waals surface area contributed by atoms with Gasteiger partial charge in [-0.05, 0) is 31.6 Å². The number of anilines is 1. The molecule has 0 unspecified atom stereocenters. The number of aryl methyl sites for hydroxylation is 1. The van der Waals surface area contributed by atoms with Crippen LogP contribution in [0.2, 0.25) is 0 Å². The van der Waals surface area contributed by atoms with Crippen LogP contribution in [-0.4, -0.2) is 23.3 Å². The van der Waals surface area contributed by atoms with Gasteiger partial charge in [0, 0.05) is 17.8 Å². The predicted octanol–water partition coefficient (Wildman–Crippen LogP) is 1.73. The Balaban J connectivity index is 1.63. The van der Waals surface area contributed by atoms with E-state index in [0.29, 0.717) is 30.4 Å². The molecule has 5 nitrogen and oxygen atoms in total. The van der Waals surface area contributed by atoms with E-state index in [0.717, 1.165) is 18.5 Å². The molecule has 2 atom stereocenters. The molecular weight excluding hydrogens is 274 g/mol. The number of piperidine rings is 1. The fourth-order valence-electron chi connectivity index (χ4n) is 2.76. The number of nitrogens with zero attached hydrogens (tertiary/aromatic N) is 1. The molecular formula is C14H19N3O2S. The van der Waals surface area contributed by atoms with Crippen molar-refractivity contribution < 1.29 is 9.59 Å². The Labute approximate surface area is 122 Å². The zero-order valence-corrected chi connectivity index (χ0v) is 12.4. The molecule has 1 fully saturated rings. The first-order chi connectivity index (χ1) is 9.61. The van der Waals surface area contributed by atoms with E-state index in [4.69, 9.17) is 0 Å². The van der Waals surface area contributed by atoms with Crippen molar-refractivity contribution in [1.29, 1.82) is 0 Å². The summed E-state index contributed by atoms with van der Waals surface area (Å²) < 4.78 is 0. The van der Waals surface area contributed by atoms with Crippen LogP contribution in [0.5, 0.6) is 0 Å². The molecule has 20 heavy (non-hydrogen) atoms. The average Bonchev–Trinajstić information content (AvgIpc) is 2.80. The van der Waals surface area contributed by atoms with Crippen molar-refractivity contribution in [3.63, 3.8) is 0 Å². The summed E-state index contributed by atoms with van der Waals surface area (Å²) in [5.74, 6) is 0.588. The maximum atomic E-state index is 12.2. The fraction of sp³-hybridized carbons (Fsp3) is 0.643. The maximum Gasteiger partial charge on any atom is 0.231 e. The molecule has 0 saturated carbocycles. The molecule has 0 spiro atoms. The molecule has 1 saturated heterocycles. The molecule has 1 aliphatic heterocycles. The molecule has 6 heteroatoms. The molecule has 0 aromatic carbocycles. The van der Waals surface area contributed by atoms with Gasteiger partial charge in [0.25, 0.3) is 0 Å². The predicted molar refractivity (Wildman–Crippen MR) is 77.7 cm³/mol. The molecule has 1 aliphatic carbocycles. The van der Waals surface area contributed by atoms with Gasteiger partial charge in [-0.1, -0.05) is 6.92 Å². The minimum atomic E-state index is -0.132. The van der Waals surface area contributed by atoms with E-state index in [9.17, 15) is 9.59 Å². The van der Waals surface area contributed by atoms with Gasteiger partial charge in [-0.15, -0.1) is 11.3 Å². The third-order valence-corrected chi connectivity index (χ3v) is 5.09. The van der Waals surface area contributed by atoms with Crippen LogP contribution in [-0.2, 0) is 22.4 Å². The van der Waals surface area contributed by atoms with E-state index < -0.39 is 0 Å². The molecule has 1 aromatic heterocycles. The van der Waals surface area contributed by atoms with Gasteiger partial charge in [0.2, 0.25) is 11.8 Å². The normalized spacial score (nSPS) is 25.8. The first-order valence-electron chi connectivity index (χ1n) is 7.18. The molecule has 2 heterocycles. The summed E-state index contributed by atoms with van der Waals surface area (Å²) >= 11 is 1.60. The fourth-order valence-corrected chi connectivity index (χ4v) is 3.93. The summed E-state index contributed by atoms with van der Waals surface area (Å²) in [6.07, 6.45) is 4.33. The molecule has 3 rings (SSSR count). The van der Waals surface area contributed by atoms with Crippen LogP contribution in [0.15, 0.2) is 0 Å². The molecule has 2 amide bonds. The Morgan fingerprint density at radius 2 is 2.25 bits per heavy atom. The van der Waals surface area contributed by atoms with Crippen LogP contribution < -0.4 is 10.6 Å². The quantitative estimate of drug-likeness (QED) is 0.872. The number of amides is 2. The second-order valence-electron chi connectivity index (χ2n) is 5.77. The molecule has 0 bridgehead atoms. The molecule has 2 N–H and O–H groups in total. The zero-order chi connectivity index (χ0) is 14.1. The Kier molecular flexibility index (Phi) is 3.74. The van der Waals surface area contributed by atoms with Crippen molar-refractivity contribution in [3.8, 4) is 0 Å². The first-order valence-corrected chi connectivity index (χ1v) is 7.99. The van der Waals surface area contributed by atoms with Gasteiger partial charge >= 0.3 is 0 Å². The highest BCUT2D eigenvalue weighted by Crippen LogP contribution is 2.32. The van der Waals surface area contributed by atoms with Crippen molar-refractivity contribution in [2.45, 2.75) is 39.0 Å². The monoisotopic (exact) mass is 293 g/mol. The third kappa shape index (κ3) is 2.85. The molecule has 1 aromatic rings. The van der Waals surface area contributed by atoms with Gasteiger partial charge in [-0.3, -0.25) is 9.59 Å². The van der Waals surface area contributed by atoms with Crippen LogP contribution in [0.1, 0.15) is 36.8 Å². The minimum absolute atomic E-state index is 0.0239. The van der Waals surface area contributed by atoms with E-state index >= 15 is 0 Å². The van der Waals surface area contributed by atoms with E-state index in [-0.39, 0.29) is 17.7 Å². The summed E-state index contributed by atoms with van der Waals surface area (Å²) in [5.41, 5.74) is 1.15. The lowest BCUT2D eigenvalue weighted by Gasteiger charge is -2.20. The van der Waals surface area contributed by atoms with Crippen LogP contribution in [0, 0.1) is 11.8 Å². The Hall–Kier alpha value is -1.43. The SMILES string of the molecule is C[C@H]1CCc2nc(NC(=O)[C@H]3CCC(=O)NC3)sc2C1. The number of nitrogens with one attached hydrogen (secondary N) is 2. The number of aromatic nitrogens is 1. The average molecular weight is 293 g/mol. The number of fused-ring (bicyclic) bond motifs is 1. The van der Waals surface area contributed by atoms with Gasteiger partial charge in [0.1, 0.15) is 0 Å². The van der Waals surface area contributed by atoms with Gasteiger partial charge in [-0.2, -0.15) is 0 Å². The highest BCUT2D eigenvalue weighted by molar-refractivity contribution is 7.15. The smallest absolute Gasteiger partial charge is 0.231 e. The minimum Gasteiger partial charge on any atom is -0.355 e. The second kappa shape index (κ2) is 5.52. The zero-order valence-electron chi connectivity index (χ0n) is 11.6. The lowest BCUT2D eigenvalue weighted by molar-refractivity contribution is -0.126. The van der Waals surface area contributed by atoms with Gasteiger partial charge < -0.3 is 10.6 Å². The highest BCUT2D eigenvalue weighted by Gasteiger charge is 2.26. The van der Waals surface area contributed by atoms with E-state index in [1.54, 1.807) is 11.3 Å². The van der Waals surface area contributed by atoms with Crippen molar-refractivity contribution in [1.82, 2.24) is 10.3 Å². The van der Waals surface area contributed by atoms with E-state index in [1.165, 1.54) is 11.3 Å². The van der Waals surface area contributed by atoms with Crippen molar-refractivity contribution in [2.75, 3.05) is 11.9 Å². The van der Waals surface area contributed by atoms with Crippen molar-refractivity contribution in [2.24, 2.45) is 11.8 Å². The Bertz CT molecular complexity index is 531. The topological polar surface area (TPSA) is 71.1 Å². The number of thiazole rings is 1. The molecule has 108 valence electrons. The standard InChI is InChI=1S/C14H19N3O2S/c1-8-2-4-10-11(6-8)20-14(16-10)17-13(19)9-3-5-12(18)15-7-9/h8-9H,2-7H2,1H3,(H,15,18)(H,16,17,19)/t8-,9-/m0/s1. The van der Waals surface area contributed by atoms with Crippen LogP contribution in [0.3, 0.4) is 0 Å². The highest BCUT2D eigenvalue weighted by atomic mass is 32.1. The van der Waals surface area contributed by atoms with Gasteiger partial charge in [0.15, 0.2) is 5.13 Å². The lowest BCUT2D eigenvalue weighted by Crippen LogP contribution is -2.40. The van der Waals surface area contributed by atoms with E-state index in [2.05, 4.69) is 22.5 Å². The summed E-state index contributed by atoms with van der Waals surface area (Å²) in [7, 11) is 0. The Morgan fingerprint density at radius 3 is 3.00 bits per heavy atom. The summed E-state index contributed by atoms with van der Waals surface area (Å²) in [4.78, 5) is 29.1. The lowest BCUT2D eigenvalue weighted by atomic mass is 9.93. The molecule has 2 aliphatic rings. The van der Waals surface area contributed by atoms with E-state index in [1.807, 2.05) is 0 Å². The first kappa shape index (κ1) is 13.5. The Morgan fingerprint density at radius 1 is 1.40 bits per heavy atom. The van der Waals surface area contributed by atoms with Crippen molar-refractivity contribution >= 4 is 28.3 Å². The number of hydrogen-bond donors (Lipinski definition) is 2. The second-order valence-corrected chi connectivity index (χ2v) is 6.85. The maximum absolute atomic E-state index is 12.2. The van der Waals surface area contributed by atoms with Gasteiger partial charge in [0.05, 0.1) is 11.6 Å². The number of hydrogen-bond acceptors (Lipinski definition) is 4. The van der Waals surface area contributed by atoms with Crippen LogP contribution in [0.25, 0.3) is 0 Å². The number of rotatable bonds is 2. The number of carbonyl (C=O) groups is 2. The largest absolute Gasteiger partial charge is 0.355 e. The molecule has 0 radical (unpaired) electrons. The van der Waals surface area contributed by atoms with Crippen LogP contribution >= 0.6 is 11.3 Å². The van der Waals surface area contributed by atoms with Crippen molar-refractivity contribution in [3.05, 3.63) is 10.6 Å².